The molecule has 1 aliphatic heterocycles. The van der Waals surface area contributed by atoms with Crippen LogP contribution in [0.2, 0.25) is 0 Å². The lowest BCUT2D eigenvalue weighted by Crippen LogP contribution is -2.25. The summed E-state index contributed by atoms with van der Waals surface area (Å²) >= 11 is 0. The van der Waals surface area contributed by atoms with Crippen LogP contribution in [0.3, 0.4) is 0 Å². The molecule has 2 aromatic rings. The van der Waals surface area contributed by atoms with Crippen LogP contribution in [0.15, 0.2) is 54.6 Å². The molecule has 5 nitrogen and oxygen atoms in total. The van der Waals surface area contributed by atoms with Gasteiger partial charge in [-0.05, 0) is 49.9 Å². The van der Waals surface area contributed by atoms with Gasteiger partial charge in [0.15, 0.2) is 0 Å². The van der Waals surface area contributed by atoms with Crippen LogP contribution in [0.1, 0.15) is 48.2 Å². The Hall–Kier alpha value is -2.37. The van der Waals surface area contributed by atoms with E-state index in [1.807, 2.05) is 37.3 Å². The van der Waals surface area contributed by atoms with Crippen molar-refractivity contribution in [3.8, 4) is 5.75 Å². The van der Waals surface area contributed by atoms with E-state index >= 15 is 0 Å². The number of carbonyl (C=O) groups excluding carboxylic acids is 1. The van der Waals surface area contributed by atoms with Crippen molar-refractivity contribution in [1.82, 2.24) is 5.32 Å². The smallest absolute Gasteiger partial charge is 0.251 e. The third-order valence-electron chi connectivity index (χ3n) is 4.80. The average Bonchev–Trinajstić information content (AvgIpc) is 3.26. The number of ether oxygens (including phenoxy) is 3. The molecular weight excluding hydrogens is 354 g/mol. The summed E-state index contributed by atoms with van der Waals surface area (Å²) in [5, 5.41) is 2.94. The van der Waals surface area contributed by atoms with E-state index in [1.165, 1.54) is 0 Å². The van der Waals surface area contributed by atoms with E-state index in [4.69, 9.17) is 14.2 Å². The van der Waals surface area contributed by atoms with Gasteiger partial charge in [-0.25, -0.2) is 0 Å². The summed E-state index contributed by atoms with van der Waals surface area (Å²) in [6, 6.07) is 17.4. The van der Waals surface area contributed by atoms with Crippen molar-refractivity contribution in [3.05, 3.63) is 65.7 Å². The molecule has 1 N–H and O–H groups in total. The topological polar surface area (TPSA) is 56.8 Å². The van der Waals surface area contributed by atoms with Gasteiger partial charge < -0.3 is 19.5 Å². The Kier molecular flexibility index (Phi) is 7.88. The second kappa shape index (κ2) is 10.8. The van der Waals surface area contributed by atoms with Crippen LogP contribution in [-0.4, -0.2) is 38.4 Å². The largest absolute Gasteiger partial charge is 0.491 e. The molecule has 0 aliphatic carbocycles. The fraction of sp³-hybridized carbons (Fsp3) is 0.435. The molecule has 0 saturated carbocycles. The summed E-state index contributed by atoms with van der Waals surface area (Å²) in [6.45, 7) is 4.55. The van der Waals surface area contributed by atoms with E-state index in [-0.39, 0.29) is 18.1 Å². The molecule has 3 rings (SSSR count). The molecule has 2 atom stereocenters. The monoisotopic (exact) mass is 383 g/mol. The second-order valence-corrected chi connectivity index (χ2v) is 7.01. The molecule has 150 valence electrons. The quantitative estimate of drug-likeness (QED) is 0.627. The van der Waals surface area contributed by atoms with Crippen LogP contribution in [0.25, 0.3) is 0 Å². The number of carbonyl (C=O) groups is 1. The molecule has 1 amide bonds. The van der Waals surface area contributed by atoms with Crippen LogP contribution in [0.5, 0.6) is 5.75 Å². The first-order valence-corrected chi connectivity index (χ1v) is 10.0. The summed E-state index contributed by atoms with van der Waals surface area (Å²) in [5.74, 6) is 0.599. The standard InChI is InChI=1S/C23H29NO4/c1-18(19-8-3-2-4-9-19)26-15-7-13-24-23(25)20-10-5-11-21(16-20)28-17-22-12-6-14-27-22/h2-5,8-11,16,18,22H,6-7,12-15,17H2,1H3,(H,24,25). The highest BCUT2D eigenvalue weighted by Crippen LogP contribution is 2.18. The third kappa shape index (κ3) is 6.36. The summed E-state index contributed by atoms with van der Waals surface area (Å²) < 4.78 is 17.2. The summed E-state index contributed by atoms with van der Waals surface area (Å²) in [6.07, 6.45) is 3.10. The van der Waals surface area contributed by atoms with Crippen LogP contribution in [-0.2, 0) is 9.47 Å². The van der Waals surface area contributed by atoms with Crippen molar-refractivity contribution < 1.29 is 19.0 Å². The van der Waals surface area contributed by atoms with Gasteiger partial charge in [-0.3, -0.25) is 4.79 Å². The molecule has 1 saturated heterocycles. The SMILES string of the molecule is CC(OCCCNC(=O)c1cccc(OCC2CCCO2)c1)c1ccccc1. The van der Waals surface area contributed by atoms with Crippen LogP contribution < -0.4 is 10.1 Å². The molecule has 5 heteroatoms. The van der Waals surface area contributed by atoms with Crippen LogP contribution in [0.4, 0.5) is 0 Å². The highest BCUT2D eigenvalue weighted by atomic mass is 16.5. The molecule has 28 heavy (non-hydrogen) atoms. The Balaban J connectivity index is 1.35. The fourth-order valence-corrected chi connectivity index (χ4v) is 3.15. The first kappa shape index (κ1) is 20.4. The molecule has 1 aliphatic rings. The maximum absolute atomic E-state index is 12.3. The number of hydrogen-bond acceptors (Lipinski definition) is 4. The molecule has 2 unspecified atom stereocenters. The lowest BCUT2D eigenvalue weighted by Gasteiger charge is -2.14. The maximum atomic E-state index is 12.3. The second-order valence-electron chi connectivity index (χ2n) is 7.01. The van der Waals surface area contributed by atoms with E-state index in [9.17, 15) is 4.79 Å². The summed E-state index contributed by atoms with van der Waals surface area (Å²) in [4.78, 5) is 12.3. The number of nitrogens with one attached hydrogen (secondary N) is 1. The van der Waals surface area contributed by atoms with Gasteiger partial charge >= 0.3 is 0 Å². The number of amides is 1. The Bertz CT molecular complexity index is 728. The van der Waals surface area contributed by atoms with Gasteiger partial charge in [0.1, 0.15) is 12.4 Å². The van der Waals surface area contributed by atoms with Gasteiger partial charge in [-0.2, -0.15) is 0 Å². The van der Waals surface area contributed by atoms with E-state index in [2.05, 4.69) is 17.4 Å². The normalized spacial score (nSPS) is 17.2. The highest BCUT2D eigenvalue weighted by molar-refractivity contribution is 5.94. The molecule has 0 radical (unpaired) electrons. The predicted octanol–water partition coefficient (Wildman–Crippen LogP) is 4.14. The Morgan fingerprint density at radius 3 is 2.86 bits per heavy atom. The lowest BCUT2D eigenvalue weighted by molar-refractivity contribution is 0.0635. The number of hydrogen-bond donors (Lipinski definition) is 1. The molecule has 1 heterocycles. The highest BCUT2D eigenvalue weighted by Gasteiger charge is 2.16. The van der Waals surface area contributed by atoms with Gasteiger partial charge in [-0.1, -0.05) is 36.4 Å². The van der Waals surface area contributed by atoms with Crippen LogP contribution in [0, 0.1) is 0 Å². The van der Waals surface area contributed by atoms with Gasteiger partial charge in [0.2, 0.25) is 0 Å². The van der Waals surface area contributed by atoms with E-state index in [0.29, 0.717) is 31.1 Å². The molecular formula is C23H29NO4. The van der Waals surface area contributed by atoms with Crippen LogP contribution >= 0.6 is 0 Å². The zero-order chi connectivity index (χ0) is 19.6. The lowest BCUT2D eigenvalue weighted by atomic mass is 10.1. The predicted molar refractivity (Wildman–Crippen MR) is 109 cm³/mol. The van der Waals surface area contributed by atoms with Crippen molar-refractivity contribution in [1.29, 1.82) is 0 Å². The third-order valence-corrected chi connectivity index (χ3v) is 4.80. The molecule has 0 bridgehead atoms. The maximum Gasteiger partial charge on any atom is 0.251 e. The number of rotatable bonds is 10. The van der Waals surface area contributed by atoms with E-state index < -0.39 is 0 Å². The summed E-state index contributed by atoms with van der Waals surface area (Å²) in [5.41, 5.74) is 1.76. The van der Waals surface area contributed by atoms with Gasteiger partial charge in [-0.15, -0.1) is 0 Å². The molecule has 0 aromatic heterocycles. The Labute approximate surface area is 167 Å². The van der Waals surface area contributed by atoms with Gasteiger partial charge in [0.05, 0.1) is 12.2 Å². The molecule has 0 spiro atoms. The zero-order valence-electron chi connectivity index (χ0n) is 16.4. The van der Waals surface area contributed by atoms with Crippen molar-refractivity contribution in [3.63, 3.8) is 0 Å². The van der Waals surface area contributed by atoms with E-state index in [0.717, 1.165) is 31.4 Å². The van der Waals surface area contributed by atoms with Crippen molar-refractivity contribution >= 4 is 5.91 Å². The minimum atomic E-state index is -0.0984. The van der Waals surface area contributed by atoms with Crippen molar-refractivity contribution in [2.45, 2.75) is 38.4 Å². The fourth-order valence-electron chi connectivity index (χ4n) is 3.15. The van der Waals surface area contributed by atoms with Gasteiger partial charge in [0.25, 0.3) is 5.91 Å². The van der Waals surface area contributed by atoms with E-state index in [1.54, 1.807) is 12.1 Å². The summed E-state index contributed by atoms with van der Waals surface area (Å²) in [7, 11) is 0. The zero-order valence-corrected chi connectivity index (χ0v) is 16.4. The molecule has 2 aromatic carbocycles. The first-order valence-electron chi connectivity index (χ1n) is 10.0. The molecule has 1 fully saturated rings. The number of benzene rings is 2. The van der Waals surface area contributed by atoms with Crippen molar-refractivity contribution in [2.75, 3.05) is 26.4 Å². The minimum Gasteiger partial charge on any atom is -0.491 e. The first-order chi connectivity index (χ1) is 13.7. The van der Waals surface area contributed by atoms with Gasteiger partial charge in [0, 0.05) is 25.3 Å². The Morgan fingerprint density at radius 1 is 1.21 bits per heavy atom. The average molecular weight is 383 g/mol. The Morgan fingerprint density at radius 2 is 2.07 bits per heavy atom. The minimum absolute atomic E-state index is 0.0505. The van der Waals surface area contributed by atoms with Crippen molar-refractivity contribution in [2.24, 2.45) is 0 Å².